The second kappa shape index (κ2) is 10.3. The maximum absolute atomic E-state index is 13.7. The second-order valence-corrected chi connectivity index (χ2v) is 10.8. The molecule has 1 N–H and O–H groups in total. The van der Waals surface area contributed by atoms with Crippen LogP contribution in [0, 0.1) is 6.92 Å². The van der Waals surface area contributed by atoms with Crippen molar-refractivity contribution in [2.45, 2.75) is 33.3 Å². The van der Waals surface area contributed by atoms with Gasteiger partial charge in [0.05, 0.1) is 26.8 Å². The number of nitrogens with one attached hydrogen (secondary N) is 1. The Morgan fingerprint density at radius 1 is 0.973 bits per heavy atom. The standard InChI is InChI=1S/C30H25Br2NO4/c1-4-36-30(35)24-17(3)33-27-20-10-5-6-11-21(20)28(34)26(27)25(24)19-13-22(31)29(23(32)14-19)37-15-18-9-7-8-16(2)12-18/h5-14,25,33H,4,15H2,1-3H3/t25-/m1/s1. The van der Waals surface area contributed by atoms with Gasteiger partial charge in [0, 0.05) is 28.3 Å². The number of ketones is 1. The molecule has 0 radical (unpaired) electrons. The summed E-state index contributed by atoms with van der Waals surface area (Å²) in [6.07, 6.45) is 0. The Morgan fingerprint density at radius 2 is 1.68 bits per heavy atom. The van der Waals surface area contributed by atoms with Crippen LogP contribution < -0.4 is 10.1 Å². The van der Waals surface area contributed by atoms with Crippen LogP contribution in [-0.4, -0.2) is 18.4 Å². The maximum atomic E-state index is 13.7. The van der Waals surface area contributed by atoms with E-state index in [2.05, 4.69) is 43.2 Å². The number of fused-ring (bicyclic) bond motifs is 2. The summed E-state index contributed by atoms with van der Waals surface area (Å²) >= 11 is 7.34. The lowest BCUT2D eigenvalue weighted by Crippen LogP contribution is -2.29. The molecule has 0 spiro atoms. The van der Waals surface area contributed by atoms with E-state index in [4.69, 9.17) is 9.47 Å². The Labute approximate surface area is 232 Å². The van der Waals surface area contributed by atoms with E-state index >= 15 is 0 Å². The molecule has 0 saturated carbocycles. The first-order valence-electron chi connectivity index (χ1n) is 12.0. The molecule has 1 aliphatic heterocycles. The monoisotopic (exact) mass is 621 g/mol. The third-order valence-electron chi connectivity index (χ3n) is 6.56. The zero-order valence-corrected chi connectivity index (χ0v) is 23.8. The van der Waals surface area contributed by atoms with Crippen LogP contribution in [0.25, 0.3) is 5.70 Å². The molecule has 37 heavy (non-hydrogen) atoms. The lowest BCUT2D eigenvalue weighted by Gasteiger charge is -2.29. The molecule has 188 valence electrons. The van der Waals surface area contributed by atoms with Crippen molar-refractivity contribution in [1.29, 1.82) is 0 Å². The van der Waals surface area contributed by atoms with Crippen molar-refractivity contribution in [3.8, 4) is 5.75 Å². The fourth-order valence-corrected chi connectivity index (χ4v) is 6.43. The van der Waals surface area contributed by atoms with Gasteiger partial charge in [-0.15, -0.1) is 0 Å². The molecule has 5 rings (SSSR count). The molecule has 0 unspecified atom stereocenters. The molecular weight excluding hydrogens is 598 g/mol. The van der Waals surface area contributed by atoms with Crippen LogP contribution in [0.3, 0.4) is 0 Å². The number of esters is 1. The number of allylic oxidation sites excluding steroid dienone is 2. The van der Waals surface area contributed by atoms with Gasteiger partial charge in [-0.1, -0.05) is 54.1 Å². The molecule has 2 aliphatic rings. The number of hydrogen-bond donors (Lipinski definition) is 1. The number of dihydropyridines is 1. The van der Waals surface area contributed by atoms with Gasteiger partial charge in [-0.05, 0) is 75.9 Å². The van der Waals surface area contributed by atoms with Crippen molar-refractivity contribution in [1.82, 2.24) is 5.32 Å². The minimum absolute atomic E-state index is 0.0931. The first-order chi connectivity index (χ1) is 17.8. The zero-order chi connectivity index (χ0) is 26.3. The quantitative estimate of drug-likeness (QED) is 0.294. The van der Waals surface area contributed by atoms with Gasteiger partial charge in [-0.25, -0.2) is 4.79 Å². The first kappa shape index (κ1) is 25.5. The minimum Gasteiger partial charge on any atom is -0.487 e. The van der Waals surface area contributed by atoms with Gasteiger partial charge in [0.25, 0.3) is 0 Å². The maximum Gasteiger partial charge on any atom is 0.336 e. The predicted octanol–water partition coefficient (Wildman–Crippen LogP) is 7.23. The van der Waals surface area contributed by atoms with Gasteiger partial charge >= 0.3 is 5.97 Å². The fourth-order valence-electron chi connectivity index (χ4n) is 4.98. The summed E-state index contributed by atoms with van der Waals surface area (Å²) in [5.41, 5.74) is 6.84. The highest BCUT2D eigenvalue weighted by Gasteiger charge is 2.43. The van der Waals surface area contributed by atoms with Gasteiger partial charge in [0.2, 0.25) is 0 Å². The van der Waals surface area contributed by atoms with Crippen molar-refractivity contribution in [2.75, 3.05) is 6.61 Å². The summed E-state index contributed by atoms with van der Waals surface area (Å²) in [5, 5.41) is 3.33. The van der Waals surface area contributed by atoms with Crippen LogP contribution in [0.2, 0.25) is 0 Å². The van der Waals surface area contributed by atoms with E-state index in [-0.39, 0.29) is 12.4 Å². The van der Waals surface area contributed by atoms with E-state index in [9.17, 15) is 9.59 Å². The van der Waals surface area contributed by atoms with Crippen LogP contribution in [0.15, 0.2) is 86.5 Å². The number of halogens is 2. The lowest BCUT2D eigenvalue weighted by molar-refractivity contribution is -0.138. The van der Waals surface area contributed by atoms with E-state index in [0.29, 0.717) is 43.7 Å². The molecule has 1 aliphatic carbocycles. The van der Waals surface area contributed by atoms with Crippen molar-refractivity contribution < 1.29 is 19.1 Å². The largest absolute Gasteiger partial charge is 0.487 e. The average Bonchev–Trinajstić information content (AvgIpc) is 3.14. The summed E-state index contributed by atoms with van der Waals surface area (Å²) in [6, 6.07) is 19.5. The molecule has 1 heterocycles. The van der Waals surface area contributed by atoms with Crippen molar-refractivity contribution in [3.05, 3.63) is 114 Å². The molecule has 0 fully saturated rings. The third-order valence-corrected chi connectivity index (χ3v) is 7.74. The molecule has 5 nitrogen and oxygen atoms in total. The van der Waals surface area contributed by atoms with Crippen molar-refractivity contribution >= 4 is 49.3 Å². The Balaban J connectivity index is 1.58. The Morgan fingerprint density at radius 3 is 2.35 bits per heavy atom. The van der Waals surface area contributed by atoms with Crippen LogP contribution in [0.4, 0.5) is 0 Å². The summed E-state index contributed by atoms with van der Waals surface area (Å²) in [5.74, 6) is -0.495. The van der Waals surface area contributed by atoms with E-state index in [1.165, 1.54) is 5.56 Å². The lowest BCUT2D eigenvalue weighted by atomic mass is 9.80. The number of carbonyl (C=O) groups excluding carboxylic acids is 2. The van der Waals surface area contributed by atoms with Gasteiger partial charge in [0.1, 0.15) is 12.4 Å². The Hall–Kier alpha value is -3.16. The number of carbonyl (C=O) groups is 2. The third kappa shape index (κ3) is 4.66. The molecular formula is C30H25Br2NO4. The van der Waals surface area contributed by atoms with Gasteiger partial charge in [-0.2, -0.15) is 0 Å². The van der Waals surface area contributed by atoms with Crippen molar-refractivity contribution in [2.24, 2.45) is 0 Å². The second-order valence-electron chi connectivity index (χ2n) is 9.07. The summed E-state index contributed by atoms with van der Waals surface area (Å²) in [6.45, 7) is 6.31. The Bertz CT molecular complexity index is 1480. The number of benzene rings is 3. The molecule has 7 heteroatoms. The first-order valence-corrected chi connectivity index (χ1v) is 13.6. The van der Waals surface area contributed by atoms with Crippen LogP contribution >= 0.6 is 31.9 Å². The van der Waals surface area contributed by atoms with E-state index in [0.717, 1.165) is 22.4 Å². The van der Waals surface area contributed by atoms with Gasteiger partial charge in [-0.3, -0.25) is 4.79 Å². The highest BCUT2D eigenvalue weighted by molar-refractivity contribution is 9.11. The number of rotatable bonds is 6. The number of hydrogen-bond acceptors (Lipinski definition) is 5. The van der Waals surface area contributed by atoms with Gasteiger partial charge < -0.3 is 14.8 Å². The minimum atomic E-state index is -0.603. The molecule has 0 bridgehead atoms. The van der Waals surface area contributed by atoms with E-state index < -0.39 is 11.9 Å². The predicted molar refractivity (Wildman–Crippen MR) is 150 cm³/mol. The van der Waals surface area contributed by atoms with Crippen LogP contribution in [0.5, 0.6) is 5.75 Å². The van der Waals surface area contributed by atoms with Crippen LogP contribution in [-0.2, 0) is 16.1 Å². The molecule has 3 aromatic carbocycles. The summed E-state index contributed by atoms with van der Waals surface area (Å²) in [4.78, 5) is 26.8. The molecule has 1 atom stereocenters. The van der Waals surface area contributed by atoms with E-state index in [1.54, 1.807) is 6.92 Å². The van der Waals surface area contributed by atoms with E-state index in [1.807, 2.05) is 68.4 Å². The number of ether oxygens (including phenoxy) is 2. The van der Waals surface area contributed by atoms with Crippen molar-refractivity contribution in [3.63, 3.8) is 0 Å². The smallest absolute Gasteiger partial charge is 0.336 e. The molecule has 3 aromatic rings. The highest BCUT2D eigenvalue weighted by atomic mass is 79.9. The molecule has 0 saturated heterocycles. The topological polar surface area (TPSA) is 64.6 Å². The average molecular weight is 623 g/mol. The molecule has 0 amide bonds. The summed E-state index contributed by atoms with van der Waals surface area (Å²) < 4.78 is 13.0. The number of Topliss-reactive ketones (excluding diaryl/α,β-unsaturated/α-hetero) is 1. The normalized spacial score (nSPS) is 16.4. The Kier molecular flexibility index (Phi) is 7.10. The zero-order valence-electron chi connectivity index (χ0n) is 20.7. The molecule has 0 aromatic heterocycles. The summed E-state index contributed by atoms with van der Waals surface area (Å²) in [7, 11) is 0. The van der Waals surface area contributed by atoms with Gasteiger partial charge in [0.15, 0.2) is 5.78 Å². The fraction of sp³-hybridized carbons (Fsp3) is 0.200. The highest BCUT2D eigenvalue weighted by Crippen LogP contribution is 2.48. The SMILES string of the molecule is CCOC(=O)C1=C(C)NC2=C(C(=O)c3ccccc32)[C@@H]1c1cc(Br)c(OCc2cccc(C)c2)c(Br)c1. The van der Waals surface area contributed by atoms with Crippen LogP contribution in [0.1, 0.15) is 52.4 Å². The number of aryl methyl sites for hydroxylation is 1.